The minimum absolute atomic E-state index is 0.661. The van der Waals surface area contributed by atoms with Gasteiger partial charge in [-0.3, -0.25) is 0 Å². The van der Waals surface area contributed by atoms with Crippen molar-refractivity contribution in [2.75, 3.05) is 6.54 Å². The Labute approximate surface area is 100 Å². The van der Waals surface area contributed by atoms with E-state index in [0.717, 1.165) is 12.2 Å². The Morgan fingerprint density at radius 2 is 2.18 bits per heavy atom. The Kier molecular flexibility index (Phi) is 2.65. The summed E-state index contributed by atoms with van der Waals surface area (Å²) in [7, 11) is 0. The van der Waals surface area contributed by atoms with E-state index < -0.39 is 0 Å². The van der Waals surface area contributed by atoms with Crippen LogP contribution in [0.3, 0.4) is 0 Å². The molecule has 4 nitrogen and oxygen atoms in total. The Morgan fingerprint density at radius 3 is 2.82 bits per heavy atom. The number of aromatic nitrogens is 3. The smallest absolute Gasteiger partial charge is 0.153 e. The van der Waals surface area contributed by atoms with Gasteiger partial charge in [-0.1, -0.05) is 6.07 Å². The van der Waals surface area contributed by atoms with Gasteiger partial charge in [-0.05, 0) is 43.5 Å². The van der Waals surface area contributed by atoms with Crippen molar-refractivity contribution < 1.29 is 0 Å². The van der Waals surface area contributed by atoms with Crippen LogP contribution < -0.4 is 5.73 Å². The zero-order valence-electron chi connectivity index (χ0n) is 9.71. The molecule has 2 aromatic heterocycles. The molecule has 0 aliphatic heterocycles. The minimum atomic E-state index is 0.661. The lowest BCUT2D eigenvalue weighted by Gasteiger charge is -2.02. The van der Waals surface area contributed by atoms with Gasteiger partial charge in [0.2, 0.25) is 0 Å². The molecule has 88 valence electrons. The molecule has 0 unspecified atom stereocenters. The Hall–Kier alpha value is -1.68. The van der Waals surface area contributed by atoms with Crippen molar-refractivity contribution in [1.82, 2.24) is 14.8 Å². The maximum atomic E-state index is 5.51. The molecular weight excluding hydrogens is 212 g/mol. The fraction of sp³-hybridized carbons (Fsp3) is 0.385. The third-order valence-electron chi connectivity index (χ3n) is 3.08. The number of nitrogens with zero attached hydrogens (tertiary/aromatic N) is 3. The highest BCUT2D eigenvalue weighted by Gasteiger charge is 2.25. The summed E-state index contributed by atoms with van der Waals surface area (Å²) in [6.45, 7) is 0.661. The molecule has 1 saturated carbocycles. The maximum Gasteiger partial charge on any atom is 0.153 e. The molecule has 0 radical (unpaired) electrons. The van der Waals surface area contributed by atoms with E-state index in [1.54, 1.807) is 0 Å². The van der Waals surface area contributed by atoms with Crippen molar-refractivity contribution in [3.63, 3.8) is 0 Å². The summed E-state index contributed by atoms with van der Waals surface area (Å²) in [5.41, 5.74) is 7.87. The predicted octanol–water partition coefficient (Wildman–Crippen LogP) is 1.65. The molecule has 2 aromatic rings. The Morgan fingerprint density at radius 1 is 1.29 bits per heavy atom. The van der Waals surface area contributed by atoms with Crippen molar-refractivity contribution in [1.29, 1.82) is 0 Å². The van der Waals surface area contributed by atoms with Crippen LogP contribution in [0.15, 0.2) is 30.6 Å². The van der Waals surface area contributed by atoms with Gasteiger partial charge in [0.05, 0.1) is 5.69 Å². The van der Waals surface area contributed by atoms with Crippen molar-refractivity contribution in [2.45, 2.75) is 25.2 Å². The van der Waals surface area contributed by atoms with Gasteiger partial charge in [-0.15, -0.1) is 0 Å². The Bertz CT molecular complexity index is 496. The highest BCUT2D eigenvalue weighted by Crippen LogP contribution is 2.38. The van der Waals surface area contributed by atoms with E-state index in [2.05, 4.69) is 22.2 Å². The fourth-order valence-corrected chi connectivity index (χ4v) is 1.93. The molecule has 1 aliphatic carbocycles. The van der Waals surface area contributed by atoms with Crippen LogP contribution in [-0.4, -0.2) is 21.3 Å². The first-order chi connectivity index (χ1) is 8.36. The van der Waals surface area contributed by atoms with Crippen molar-refractivity contribution in [2.24, 2.45) is 5.73 Å². The van der Waals surface area contributed by atoms with Gasteiger partial charge >= 0.3 is 0 Å². The van der Waals surface area contributed by atoms with Crippen LogP contribution in [0.2, 0.25) is 0 Å². The standard InChI is InChI=1S/C13H16N4/c14-7-5-10-1-4-13(15-9-10)17-8-6-12(16-17)11-2-3-11/h1,4,6,8-9,11H,2-3,5,7,14H2. The van der Waals surface area contributed by atoms with Gasteiger partial charge in [0.25, 0.3) is 0 Å². The second-order valence-electron chi connectivity index (χ2n) is 4.52. The minimum Gasteiger partial charge on any atom is -0.330 e. The van der Waals surface area contributed by atoms with Crippen LogP contribution in [0, 0.1) is 0 Å². The van der Waals surface area contributed by atoms with E-state index >= 15 is 0 Å². The van der Waals surface area contributed by atoms with E-state index in [9.17, 15) is 0 Å². The monoisotopic (exact) mass is 228 g/mol. The van der Waals surface area contributed by atoms with Gasteiger partial charge in [0.15, 0.2) is 5.82 Å². The molecule has 0 spiro atoms. The third kappa shape index (κ3) is 2.22. The summed E-state index contributed by atoms with van der Waals surface area (Å²) < 4.78 is 1.85. The van der Waals surface area contributed by atoms with E-state index in [-0.39, 0.29) is 0 Å². The molecule has 0 atom stereocenters. The van der Waals surface area contributed by atoms with E-state index in [1.165, 1.54) is 24.1 Å². The molecule has 0 saturated heterocycles. The fourth-order valence-electron chi connectivity index (χ4n) is 1.93. The van der Waals surface area contributed by atoms with Crippen LogP contribution in [0.1, 0.15) is 30.0 Å². The van der Waals surface area contributed by atoms with Crippen LogP contribution >= 0.6 is 0 Å². The normalized spacial score (nSPS) is 15.1. The van der Waals surface area contributed by atoms with E-state index in [4.69, 9.17) is 5.73 Å². The quantitative estimate of drug-likeness (QED) is 0.865. The van der Waals surface area contributed by atoms with Crippen molar-refractivity contribution >= 4 is 0 Å². The topological polar surface area (TPSA) is 56.7 Å². The summed E-state index contributed by atoms with van der Waals surface area (Å²) in [5.74, 6) is 1.56. The van der Waals surface area contributed by atoms with E-state index in [1.807, 2.05) is 23.1 Å². The van der Waals surface area contributed by atoms with Gasteiger partial charge in [-0.2, -0.15) is 5.10 Å². The number of hydrogen-bond donors (Lipinski definition) is 1. The first kappa shape index (κ1) is 10.5. The molecule has 0 amide bonds. The second-order valence-corrected chi connectivity index (χ2v) is 4.52. The summed E-state index contributed by atoms with van der Waals surface area (Å²) >= 11 is 0. The predicted molar refractivity (Wildman–Crippen MR) is 66.1 cm³/mol. The van der Waals surface area contributed by atoms with Gasteiger partial charge < -0.3 is 5.73 Å². The van der Waals surface area contributed by atoms with Gasteiger partial charge in [0, 0.05) is 18.3 Å². The van der Waals surface area contributed by atoms with Gasteiger partial charge in [-0.25, -0.2) is 9.67 Å². The summed E-state index contributed by atoms with van der Waals surface area (Å²) in [4.78, 5) is 4.41. The van der Waals surface area contributed by atoms with Crippen LogP contribution in [0.5, 0.6) is 0 Å². The first-order valence-corrected chi connectivity index (χ1v) is 6.08. The van der Waals surface area contributed by atoms with Crippen molar-refractivity contribution in [3.8, 4) is 5.82 Å². The first-order valence-electron chi connectivity index (χ1n) is 6.08. The SMILES string of the molecule is NCCc1ccc(-n2ccc(C3CC3)n2)nc1. The van der Waals surface area contributed by atoms with Crippen LogP contribution in [0.4, 0.5) is 0 Å². The number of nitrogens with two attached hydrogens (primary N) is 1. The molecule has 0 aromatic carbocycles. The third-order valence-corrected chi connectivity index (χ3v) is 3.08. The summed E-state index contributed by atoms with van der Waals surface area (Å²) in [6, 6.07) is 6.15. The molecular formula is C13H16N4. The molecule has 1 aliphatic rings. The molecule has 3 rings (SSSR count). The van der Waals surface area contributed by atoms with Crippen LogP contribution in [-0.2, 0) is 6.42 Å². The zero-order valence-corrected chi connectivity index (χ0v) is 9.71. The Balaban J connectivity index is 1.81. The van der Waals surface area contributed by atoms with Crippen molar-refractivity contribution in [3.05, 3.63) is 41.9 Å². The summed E-state index contributed by atoms with van der Waals surface area (Å²) in [5, 5.41) is 4.55. The molecule has 2 N–H and O–H groups in total. The average Bonchev–Trinajstić information content (AvgIpc) is 3.09. The highest BCUT2D eigenvalue weighted by atomic mass is 15.3. The lowest BCUT2D eigenvalue weighted by atomic mass is 10.2. The molecule has 1 fully saturated rings. The lowest BCUT2D eigenvalue weighted by Crippen LogP contribution is -2.04. The molecule has 2 heterocycles. The molecule has 4 heteroatoms. The molecule has 17 heavy (non-hydrogen) atoms. The van der Waals surface area contributed by atoms with E-state index in [0.29, 0.717) is 12.5 Å². The summed E-state index contributed by atoms with van der Waals surface area (Å²) in [6.07, 6.45) is 7.29. The maximum absolute atomic E-state index is 5.51. The highest BCUT2D eigenvalue weighted by molar-refractivity contribution is 5.26. The second kappa shape index (κ2) is 4.30. The number of hydrogen-bond acceptors (Lipinski definition) is 3. The number of pyridine rings is 1. The number of rotatable bonds is 4. The largest absolute Gasteiger partial charge is 0.330 e. The average molecular weight is 228 g/mol. The zero-order chi connectivity index (χ0) is 11.7. The molecule has 0 bridgehead atoms. The lowest BCUT2D eigenvalue weighted by molar-refractivity contribution is 0.809. The van der Waals surface area contributed by atoms with Gasteiger partial charge in [0.1, 0.15) is 0 Å². The van der Waals surface area contributed by atoms with Crippen LogP contribution in [0.25, 0.3) is 5.82 Å².